The molecule has 0 spiro atoms. The maximum atomic E-state index is 12.6. The number of hydrogen-bond acceptors (Lipinski definition) is 4. The summed E-state index contributed by atoms with van der Waals surface area (Å²) in [5.41, 5.74) is 2.95. The molecular formula is C23H22N4O4. The second kappa shape index (κ2) is 8.35. The molecule has 0 fully saturated rings. The van der Waals surface area contributed by atoms with Crippen LogP contribution < -0.4 is 20.9 Å². The predicted molar refractivity (Wildman–Crippen MR) is 120 cm³/mol. The second-order valence-electron chi connectivity index (χ2n) is 7.17. The fourth-order valence-electron chi connectivity index (χ4n) is 3.70. The van der Waals surface area contributed by atoms with Crippen LogP contribution in [0.4, 0.5) is 5.69 Å². The standard InChI is InChI=1S/C23H22N4O4/c1-24-19(28)10-14-12-25-23(30)22-21(14)16-11-15(7-8-17(16)27-22)26-20(29)9-13-5-3-4-6-18(13)31-2/h3-8,11-12,27H,9-10H2,1-2H3,(H,24,28)(H,25,30)(H,26,29). The number of H-pyrrole nitrogens is 2. The first-order valence-electron chi connectivity index (χ1n) is 9.78. The van der Waals surface area contributed by atoms with Crippen molar-refractivity contribution in [2.45, 2.75) is 12.8 Å². The Morgan fingerprint density at radius 2 is 1.81 bits per heavy atom. The molecule has 0 radical (unpaired) electrons. The van der Waals surface area contributed by atoms with Gasteiger partial charge in [0.1, 0.15) is 11.3 Å². The zero-order chi connectivity index (χ0) is 22.0. The molecule has 4 N–H and O–H groups in total. The molecule has 31 heavy (non-hydrogen) atoms. The van der Waals surface area contributed by atoms with Crippen molar-refractivity contribution in [3.8, 4) is 5.75 Å². The van der Waals surface area contributed by atoms with E-state index in [1.165, 1.54) is 0 Å². The van der Waals surface area contributed by atoms with E-state index in [0.717, 1.165) is 16.5 Å². The number of fused-ring (bicyclic) bond motifs is 3. The quantitative estimate of drug-likeness (QED) is 0.385. The largest absolute Gasteiger partial charge is 0.496 e. The number of methoxy groups -OCH3 is 1. The zero-order valence-corrected chi connectivity index (χ0v) is 17.2. The molecule has 0 aliphatic heterocycles. The van der Waals surface area contributed by atoms with Gasteiger partial charge in [-0.15, -0.1) is 0 Å². The Bertz CT molecular complexity index is 1350. The van der Waals surface area contributed by atoms with Gasteiger partial charge in [-0.1, -0.05) is 18.2 Å². The zero-order valence-electron chi connectivity index (χ0n) is 17.2. The second-order valence-corrected chi connectivity index (χ2v) is 7.17. The summed E-state index contributed by atoms with van der Waals surface area (Å²) in [6.45, 7) is 0. The molecule has 0 atom stereocenters. The van der Waals surface area contributed by atoms with Gasteiger partial charge in [-0.05, 0) is 29.8 Å². The molecule has 8 nitrogen and oxygen atoms in total. The molecule has 158 valence electrons. The highest BCUT2D eigenvalue weighted by Crippen LogP contribution is 2.29. The summed E-state index contributed by atoms with van der Waals surface area (Å²) in [4.78, 5) is 42.6. The highest BCUT2D eigenvalue weighted by atomic mass is 16.5. The third-order valence-corrected chi connectivity index (χ3v) is 5.18. The predicted octanol–water partition coefficient (Wildman–Crippen LogP) is 2.49. The third-order valence-electron chi connectivity index (χ3n) is 5.18. The summed E-state index contributed by atoms with van der Waals surface area (Å²) in [6.07, 6.45) is 1.85. The van der Waals surface area contributed by atoms with Crippen LogP contribution in [-0.2, 0) is 22.4 Å². The van der Waals surface area contributed by atoms with Crippen molar-refractivity contribution in [2.24, 2.45) is 0 Å². The van der Waals surface area contributed by atoms with Crippen molar-refractivity contribution in [3.63, 3.8) is 0 Å². The number of benzene rings is 2. The number of pyridine rings is 1. The molecule has 2 heterocycles. The normalized spacial score (nSPS) is 10.9. The molecule has 2 aromatic heterocycles. The van der Waals surface area contributed by atoms with Crippen molar-refractivity contribution in [2.75, 3.05) is 19.5 Å². The highest BCUT2D eigenvalue weighted by Gasteiger charge is 2.15. The van der Waals surface area contributed by atoms with Gasteiger partial charge in [0.2, 0.25) is 11.8 Å². The summed E-state index contributed by atoms with van der Waals surface area (Å²) in [5, 5.41) is 6.92. The minimum absolute atomic E-state index is 0.126. The number of rotatable bonds is 6. The maximum absolute atomic E-state index is 12.6. The molecule has 0 saturated carbocycles. The lowest BCUT2D eigenvalue weighted by Crippen LogP contribution is -2.20. The number of nitrogens with one attached hydrogen (secondary N) is 4. The van der Waals surface area contributed by atoms with Crippen molar-refractivity contribution in [1.29, 1.82) is 0 Å². The number of amides is 2. The van der Waals surface area contributed by atoms with E-state index >= 15 is 0 Å². The van der Waals surface area contributed by atoms with Gasteiger partial charge in [-0.2, -0.15) is 0 Å². The Hall–Kier alpha value is -4.07. The van der Waals surface area contributed by atoms with Crippen molar-refractivity contribution < 1.29 is 14.3 Å². The van der Waals surface area contributed by atoms with Crippen LogP contribution in [0.1, 0.15) is 11.1 Å². The minimum Gasteiger partial charge on any atom is -0.496 e. The molecule has 2 amide bonds. The van der Waals surface area contributed by atoms with Crippen LogP contribution in [0.3, 0.4) is 0 Å². The van der Waals surface area contributed by atoms with Crippen LogP contribution >= 0.6 is 0 Å². The molecule has 0 unspecified atom stereocenters. The number of anilines is 1. The van der Waals surface area contributed by atoms with Gasteiger partial charge in [0.15, 0.2) is 0 Å². The van der Waals surface area contributed by atoms with E-state index < -0.39 is 0 Å². The van der Waals surface area contributed by atoms with Gasteiger partial charge in [0.05, 0.1) is 20.0 Å². The van der Waals surface area contributed by atoms with E-state index in [1.54, 1.807) is 38.6 Å². The monoisotopic (exact) mass is 418 g/mol. The first-order chi connectivity index (χ1) is 15.0. The topological polar surface area (TPSA) is 116 Å². The number of para-hydroxylation sites is 1. The van der Waals surface area contributed by atoms with Gasteiger partial charge in [-0.3, -0.25) is 14.4 Å². The van der Waals surface area contributed by atoms with Crippen LogP contribution in [0.2, 0.25) is 0 Å². The van der Waals surface area contributed by atoms with Crippen LogP contribution in [0, 0.1) is 0 Å². The molecular weight excluding hydrogens is 396 g/mol. The number of ether oxygens (including phenoxy) is 1. The molecule has 4 rings (SSSR count). The van der Waals surface area contributed by atoms with Gasteiger partial charge in [0.25, 0.3) is 5.56 Å². The Labute approximate surface area is 177 Å². The Balaban J connectivity index is 1.69. The molecule has 4 aromatic rings. The van der Waals surface area contributed by atoms with E-state index in [-0.39, 0.29) is 30.2 Å². The lowest BCUT2D eigenvalue weighted by Gasteiger charge is -2.09. The number of likely N-dealkylation sites (N-methyl/N-ethyl adjacent to an activating group) is 1. The van der Waals surface area contributed by atoms with Crippen molar-refractivity contribution >= 4 is 39.3 Å². The van der Waals surface area contributed by atoms with Crippen LogP contribution in [0.5, 0.6) is 5.75 Å². The summed E-state index contributed by atoms with van der Waals surface area (Å²) >= 11 is 0. The smallest absolute Gasteiger partial charge is 0.272 e. The molecule has 8 heteroatoms. The lowest BCUT2D eigenvalue weighted by atomic mass is 10.1. The average Bonchev–Trinajstić information content (AvgIpc) is 3.16. The van der Waals surface area contributed by atoms with Gasteiger partial charge >= 0.3 is 0 Å². The van der Waals surface area contributed by atoms with Crippen LogP contribution in [0.15, 0.2) is 53.5 Å². The fourth-order valence-corrected chi connectivity index (χ4v) is 3.70. The van der Waals surface area contributed by atoms with Gasteiger partial charge in [0, 0.05) is 40.8 Å². The van der Waals surface area contributed by atoms with E-state index in [1.807, 2.05) is 24.3 Å². The van der Waals surface area contributed by atoms with Gasteiger partial charge in [-0.25, -0.2) is 0 Å². The van der Waals surface area contributed by atoms with Crippen molar-refractivity contribution in [3.05, 3.63) is 70.1 Å². The Morgan fingerprint density at radius 1 is 1.03 bits per heavy atom. The minimum atomic E-state index is -0.270. The SMILES string of the molecule is CNC(=O)Cc1c[nH]c(=O)c2[nH]c3ccc(NC(=O)Cc4ccccc4OC)cc3c12. The lowest BCUT2D eigenvalue weighted by molar-refractivity contribution is -0.120. The van der Waals surface area contributed by atoms with E-state index in [0.29, 0.717) is 27.9 Å². The summed E-state index contributed by atoms with van der Waals surface area (Å²) in [7, 11) is 3.13. The molecule has 0 aliphatic carbocycles. The number of hydrogen-bond donors (Lipinski definition) is 4. The van der Waals surface area contributed by atoms with E-state index in [9.17, 15) is 14.4 Å². The molecule has 0 saturated heterocycles. The summed E-state index contributed by atoms with van der Waals surface area (Å²) in [5.74, 6) is 0.305. The van der Waals surface area contributed by atoms with Gasteiger partial charge < -0.3 is 25.3 Å². The van der Waals surface area contributed by atoms with E-state index in [2.05, 4.69) is 20.6 Å². The number of carbonyl (C=O) groups is 2. The maximum Gasteiger partial charge on any atom is 0.272 e. The Morgan fingerprint density at radius 3 is 2.58 bits per heavy atom. The third kappa shape index (κ3) is 4.00. The first-order valence-corrected chi connectivity index (χ1v) is 9.78. The molecule has 0 aliphatic rings. The molecule has 2 aromatic carbocycles. The van der Waals surface area contributed by atoms with Crippen molar-refractivity contribution in [1.82, 2.24) is 15.3 Å². The molecule has 0 bridgehead atoms. The number of aromatic amines is 2. The summed E-state index contributed by atoms with van der Waals surface area (Å²) in [6, 6.07) is 12.7. The first kappa shape index (κ1) is 20.2. The van der Waals surface area contributed by atoms with Crippen LogP contribution in [-0.4, -0.2) is 35.9 Å². The summed E-state index contributed by atoms with van der Waals surface area (Å²) < 4.78 is 5.31. The Kier molecular flexibility index (Phi) is 5.44. The average molecular weight is 418 g/mol. The fraction of sp³-hybridized carbons (Fsp3) is 0.174. The van der Waals surface area contributed by atoms with E-state index in [4.69, 9.17) is 4.74 Å². The van der Waals surface area contributed by atoms with Crippen LogP contribution in [0.25, 0.3) is 21.8 Å². The number of carbonyl (C=O) groups excluding carboxylic acids is 2. The highest BCUT2D eigenvalue weighted by molar-refractivity contribution is 6.11. The number of aromatic nitrogens is 2.